The molecule has 1 heterocycles. The van der Waals surface area contributed by atoms with Crippen LogP contribution in [0.4, 0.5) is 5.69 Å². The van der Waals surface area contributed by atoms with E-state index < -0.39 is 15.7 Å². The number of halogens is 1. The predicted molar refractivity (Wildman–Crippen MR) is 126 cm³/mol. The Morgan fingerprint density at radius 1 is 0.879 bits per heavy atom. The topological polar surface area (TPSA) is 85.6 Å². The highest BCUT2D eigenvalue weighted by molar-refractivity contribution is 7.90. The van der Waals surface area contributed by atoms with E-state index in [4.69, 9.17) is 20.8 Å². The Morgan fingerprint density at radius 2 is 1.58 bits per heavy atom. The Morgan fingerprint density at radius 3 is 2.30 bits per heavy atom. The van der Waals surface area contributed by atoms with Gasteiger partial charge in [0.2, 0.25) is 0 Å². The molecule has 0 radical (unpaired) electrons. The molecular weight excluding hydrogens is 462 g/mol. The molecular formula is C25H20ClNO5S. The number of hydrogen-bond donors (Lipinski definition) is 1. The molecule has 0 unspecified atom stereocenters. The lowest BCUT2D eigenvalue weighted by molar-refractivity contribution is 0.0995. The molecule has 6 nitrogen and oxygen atoms in total. The summed E-state index contributed by atoms with van der Waals surface area (Å²) >= 11 is 6.14. The van der Waals surface area contributed by atoms with Crippen LogP contribution in [0.2, 0.25) is 5.02 Å². The zero-order valence-electron chi connectivity index (χ0n) is 17.4. The van der Waals surface area contributed by atoms with Crippen LogP contribution in [0.3, 0.4) is 0 Å². The van der Waals surface area contributed by atoms with Gasteiger partial charge in [0.15, 0.2) is 15.6 Å². The van der Waals surface area contributed by atoms with Gasteiger partial charge in [-0.3, -0.25) is 4.79 Å². The van der Waals surface area contributed by atoms with Crippen molar-refractivity contribution in [3.8, 4) is 5.75 Å². The molecule has 0 aliphatic rings. The molecule has 0 aliphatic heterocycles. The molecule has 1 aromatic heterocycles. The Balaban J connectivity index is 1.40. The monoisotopic (exact) mass is 481 g/mol. The van der Waals surface area contributed by atoms with Gasteiger partial charge in [-0.2, -0.15) is 0 Å². The van der Waals surface area contributed by atoms with Crippen molar-refractivity contribution in [1.82, 2.24) is 0 Å². The van der Waals surface area contributed by atoms with Gasteiger partial charge >= 0.3 is 0 Å². The maximum absolute atomic E-state index is 12.7. The summed E-state index contributed by atoms with van der Waals surface area (Å²) in [7, 11) is -3.62. The average molecular weight is 482 g/mol. The van der Waals surface area contributed by atoms with Gasteiger partial charge in [-0.15, -0.1) is 0 Å². The molecule has 3 aromatic carbocycles. The molecule has 0 saturated heterocycles. The summed E-state index contributed by atoms with van der Waals surface area (Å²) in [6.07, 6.45) is 1.30. The molecule has 1 amide bonds. The Labute approximate surface area is 196 Å². The molecule has 0 aliphatic carbocycles. The third-order valence-electron chi connectivity index (χ3n) is 4.87. The van der Waals surface area contributed by atoms with Gasteiger partial charge in [-0.1, -0.05) is 48.0 Å². The minimum absolute atomic E-state index is 0.0476. The van der Waals surface area contributed by atoms with E-state index in [2.05, 4.69) is 5.32 Å². The maximum atomic E-state index is 12.7. The number of nitrogens with one attached hydrogen (secondary N) is 1. The second-order valence-electron chi connectivity index (χ2n) is 7.21. The van der Waals surface area contributed by atoms with E-state index >= 15 is 0 Å². The predicted octanol–water partition coefficient (Wildman–Crippen LogP) is 5.74. The van der Waals surface area contributed by atoms with E-state index in [9.17, 15) is 13.2 Å². The zero-order chi connectivity index (χ0) is 23.3. The third kappa shape index (κ3) is 5.63. The summed E-state index contributed by atoms with van der Waals surface area (Å²) in [6, 6.07) is 23.8. The first-order valence-electron chi connectivity index (χ1n) is 10.0. The first-order valence-corrected chi connectivity index (χ1v) is 12.1. The van der Waals surface area contributed by atoms with E-state index in [1.54, 1.807) is 48.5 Å². The van der Waals surface area contributed by atoms with Crippen molar-refractivity contribution < 1.29 is 22.4 Å². The van der Waals surface area contributed by atoms with E-state index in [0.717, 1.165) is 5.56 Å². The SMILES string of the molecule is O=C(Nc1ccc(OCc2ccccc2Cl)cc1)c1occc1CS(=O)(=O)c1ccccc1. The number of carbonyl (C=O) groups excluding carboxylic acids is 1. The van der Waals surface area contributed by atoms with Gasteiger partial charge in [0.1, 0.15) is 12.4 Å². The summed E-state index contributed by atoms with van der Waals surface area (Å²) in [5, 5.41) is 3.35. The van der Waals surface area contributed by atoms with Crippen LogP contribution < -0.4 is 10.1 Å². The lowest BCUT2D eigenvalue weighted by Crippen LogP contribution is -2.14. The van der Waals surface area contributed by atoms with Crippen LogP contribution >= 0.6 is 11.6 Å². The largest absolute Gasteiger partial charge is 0.489 e. The number of hydrogen-bond acceptors (Lipinski definition) is 5. The Hall–Kier alpha value is -3.55. The maximum Gasteiger partial charge on any atom is 0.291 e. The average Bonchev–Trinajstić information content (AvgIpc) is 3.28. The third-order valence-corrected chi connectivity index (χ3v) is 6.92. The van der Waals surface area contributed by atoms with Crippen molar-refractivity contribution in [1.29, 1.82) is 0 Å². The standard InChI is InChI=1S/C25H20ClNO5S/c26-23-9-5-4-6-18(23)16-32-21-12-10-20(11-13-21)27-25(28)24-19(14-15-31-24)17-33(29,30)22-7-2-1-3-8-22/h1-15H,16-17H2,(H,27,28). The van der Waals surface area contributed by atoms with Gasteiger partial charge in [0.25, 0.3) is 5.91 Å². The van der Waals surface area contributed by atoms with Crippen LogP contribution in [0.15, 0.2) is 101 Å². The number of rotatable bonds is 8. The van der Waals surface area contributed by atoms with Crippen molar-refractivity contribution in [2.45, 2.75) is 17.3 Å². The molecule has 4 rings (SSSR count). The lowest BCUT2D eigenvalue weighted by atomic mass is 10.2. The van der Waals surface area contributed by atoms with Gasteiger partial charge in [0, 0.05) is 21.8 Å². The van der Waals surface area contributed by atoms with Gasteiger partial charge < -0.3 is 14.5 Å². The van der Waals surface area contributed by atoms with Gasteiger partial charge in [-0.25, -0.2) is 8.42 Å². The van der Waals surface area contributed by atoms with E-state index in [-0.39, 0.29) is 22.0 Å². The molecule has 8 heteroatoms. The summed E-state index contributed by atoms with van der Waals surface area (Å²) in [4.78, 5) is 12.9. The van der Waals surface area contributed by atoms with Gasteiger partial charge in [-0.05, 0) is 48.5 Å². The van der Waals surface area contributed by atoms with E-state index in [1.807, 2.05) is 18.2 Å². The smallest absolute Gasteiger partial charge is 0.291 e. The summed E-state index contributed by atoms with van der Waals surface area (Å²) in [6.45, 7) is 0.316. The van der Waals surface area contributed by atoms with E-state index in [0.29, 0.717) is 23.1 Å². The normalized spacial score (nSPS) is 11.2. The number of furan rings is 1. The zero-order valence-corrected chi connectivity index (χ0v) is 19.0. The molecule has 4 aromatic rings. The Bertz CT molecular complexity index is 1350. The van der Waals surface area contributed by atoms with Crippen molar-refractivity contribution in [2.24, 2.45) is 0 Å². The fourth-order valence-electron chi connectivity index (χ4n) is 3.16. The number of sulfone groups is 1. The molecule has 0 bridgehead atoms. The molecule has 0 saturated carbocycles. The van der Waals surface area contributed by atoms with Crippen molar-refractivity contribution in [2.75, 3.05) is 5.32 Å². The highest BCUT2D eigenvalue weighted by atomic mass is 35.5. The van der Waals surface area contributed by atoms with Crippen LogP contribution in [0, 0.1) is 0 Å². The van der Waals surface area contributed by atoms with Crippen LogP contribution in [0.1, 0.15) is 21.7 Å². The fourth-order valence-corrected chi connectivity index (χ4v) is 4.73. The number of ether oxygens (including phenoxy) is 1. The second kappa shape index (κ2) is 9.94. The number of amides is 1. The van der Waals surface area contributed by atoms with Gasteiger partial charge in [0.05, 0.1) is 16.9 Å². The van der Waals surface area contributed by atoms with Crippen LogP contribution in [-0.4, -0.2) is 14.3 Å². The summed E-state index contributed by atoms with van der Waals surface area (Å²) in [5.41, 5.74) is 1.67. The molecule has 33 heavy (non-hydrogen) atoms. The first-order chi connectivity index (χ1) is 15.9. The molecule has 0 fully saturated rings. The summed E-state index contributed by atoms with van der Waals surface area (Å²) in [5.74, 6) is -0.317. The second-order valence-corrected chi connectivity index (χ2v) is 9.60. The van der Waals surface area contributed by atoms with E-state index in [1.165, 1.54) is 24.5 Å². The number of benzene rings is 3. The highest BCUT2D eigenvalue weighted by Gasteiger charge is 2.22. The van der Waals surface area contributed by atoms with Crippen molar-refractivity contribution >= 4 is 33.0 Å². The lowest BCUT2D eigenvalue weighted by Gasteiger charge is -2.09. The highest BCUT2D eigenvalue weighted by Crippen LogP contribution is 2.23. The minimum atomic E-state index is -3.62. The summed E-state index contributed by atoms with van der Waals surface area (Å²) < 4.78 is 36.3. The Kier molecular flexibility index (Phi) is 6.82. The molecule has 168 valence electrons. The number of anilines is 1. The van der Waals surface area contributed by atoms with Crippen molar-refractivity contribution in [3.63, 3.8) is 0 Å². The fraction of sp³-hybridized carbons (Fsp3) is 0.0800. The van der Waals surface area contributed by atoms with Crippen LogP contribution in [0.5, 0.6) is 5.75 Å². The van der Waals surface area contributed by atoms with Crippen LogP contribution in [-0.2, 0) is 22.2 Å². The molecule has 0 spiro atoms. The quantitative estimate of drug-likeness (QED) is 0.347. The molecule has 1 N–H and O–H groups in total. The number of carbonyl (C=O) groups is 1. The minimum Gasteiger partial charge on any atom is -0.489 e. The first kappa shape index (κ1) is 22.6. The molecule has 0 atom stereocenters. The van der Waals surface area contributed by atoms with Crippen LogP contribution in [0.25, 0.3) is 0 Å². The van der Waals surface area contributed by atoms with Crippen molar-refractivity contribution in [3.05, 3.63) is 113 Å².